The molecular weight excluding hydrogens is 294 g/mol. The number of amides is 1. The largest absolute Gasteiger partial charge is 0.396 e. The van der Waals surface area contributed by atoms with Gasteiger partial charge in [-0.25, -0.2) is 8.42 Å². The Morgan fingerprint density at radius 2 is 2.24 bits per heavy atom. The Hall–Kier alpha value is -1.38. The van der Waals surface area contributed by atoms with Crippen LogP contribution in [-0.2, 0) is 17.1 Å². The second-order valence-electron chi connectivity index (χ2n) is 5.31. The second-order valence-corrected chi connectivity index (χ2v) is 7.20. The van der Waals surface area contributed by atoms with Gasteiger partial charge in [0.2, 0.25) is 10.0 Å². The van der Waals surface area contributed by atoms with Crippen molar-refractivity contribution in [2.24, 2.45) is 12.8 Å². The number of hydrogen-bond acceptors (Lipinski definition) is 4. The molecular formula is C13H21N3O4S. The maximum Gasteiger partial charge on any atom is 0.265 e. The van der Waals surface area contributed by atoms with Gasteiger partial charge in [-0.2, -0.15) is 4.31 Å². The minimum atomic E-state index is -3.63. The first kappa shape index (κ1) is 16.0. The smallest absolute Gasteiger partial charge is 0.265 e. The van der Waals surface area contributed by atoms with Crippen molar-refractivity contribution in [3.63, 3.8) is 0 Å². The molecule has 1 unspecified atom stereocenters. The van der Waals surface area contributed by atoms with E-state index in [-0.39, 0.29) is 23.2 Å². The number of carbonyl (C=O) groups excluding carboxylic acids is 1. The predicted octanol–water partition coefficient (Wildman–Crippen LogP) is 0.0496. The van der Waals surface area contributed by atoms with E-state index in [1.807, 2.05) is 0 Å². The van der Waals surface area contributed by atoms with Crippen LogP contribution in [0.1, 0.15) is 36.2 Å². The zero-order valence-corrected chi connectivity index (χ0v) is 12.8. The highest BCUT2D eigenvalue weighted by atomic mass is 32.2. The third kappa shape index (κ3) is 3.12. The third-order valence-electron chi connectivity index (χ3n) is 3.86. The monoisotopic (exact) mass is 315 g/mol. The van der Waals surface area contributed by atoms with Crippen LogP contribution in [0.4, 0.5) is 0 Å². The molecule has 7 nitrogen and oxygen atoms in total. The maximum absolute atomic E-state index is 12.7. The normalized spacial score (nSPS) is 20.0. The van der Waals surface area contributed by atoms with Crippen LogP contribution in [-0.4, -0.2) is 47.5 Å². The predicted molar refractivity (Wildman–Crippen MR) is 77.2 cm³/mol. The van der Waals surface area contributed by atoms with Crippen molar-refractivity contribution in [3.8, 4) is 0 Å². The van der Waals surface area contributed by atoms with Gasteiger partial charge >= 0.3 is 0 Å². The molecule has 0 radical (unpaired) electrons. The molecule has 21 heavy (non-hydrogen) atoms. The SMILES string of the molecule is Cn1cc(S(=O)(=O)N2CCCC2CCCO)cc1C(N)=O. The van der Waals surface area contributed by atoms with Gasteiger partial charge in [-0.3, -0.25) is 4.79 Å². The van der Waals surface area contributed by atoms with Gasteiger partial charge in [-0.15, -0.1) is 0 Å². The van der Waals surface area contributed by atoms with Gasteiger partial charge in [0.05, 0.1) is 0 Å². The van der Waals surface area contributed by atoms with E-state index in [0.717, 1.165) is 12.8 Å². The van der Waals surface area contributed by atoms with Crippen molar-refractivity contribution in [2.75, 3.05) is 13.2 Å². The minimum Gasteiger partial charge on any atom is -0.396 e. The number of sulfonamides is 1. The lowest BCUT2D eigenvalue weighted by molar-refractivity contribution is 0.0992. The molecule has 3 N–H and O–H groups in total. The zero-order valence-electron chi connectivity index (χ0n) is 12.0. The van der Waals surface area contributed by atoms with Gasteiger partial charge in [-0.1, -0.05) is 0 Å². The number of primary amides is 1. The number of aromatic nitrogens is 1. The number of nitrogens with zero attached hydrogens (tertiary/aromatic N) is 2. The van der Waals surface area contributed by atoms with E-state index < -0.39 is 15.9 Å². The zero-order chi connectivity index (χ0) is 15.6. The highest BCUT2D eigenvalue weighted by molar-refractivity contribution is 7.89. The molecule has 0 bridgehead atoms. The summed E-state index contributed by atoms with van der Waals surface area (Å²) in [5, 5.41) is 8.91. The number of aryl methyl sites for hydroxylation is 1. The van der Waals surface area contributed by atoms with Crippen LogP contribution in [0.3, 0.4) is 0 Å². The van der Waals surface area contributed by atoms with Gasteiger partial charge in [0, 0.05) is 32.4 Å². The fourth-order valence-corrected chi connectivity index (χ4v) is 4.59. The van der Waals surface area contributed by atoms with E-state index in [4.69, 9.17) is 10.8 Å². The molecule has 2 heterocycles. The second kappa shape index (κ2) is 6.17. The molecule has 1 amide bonds. The molecule has 1 atom stereocenters. The van der Waals surface area contributed by atoms with Gasteiger partial charge in [0.15, 0.2) is 0 Å². The van der Waals surface area contributed by atoms with Crippen molar-refractivity contribution in [1.29, 1.82) is 0 Å². The number of carbonyl (C=O) groups is 1. The Bertz CT molecular complexity index is 623. The minimum absolute atomic E-state index is 0.0571. The number of aliphatic hydroxyl groups is 1. The molecule has 1 aliphatic heterocycles. The van der Waals surface area contributed by atoms with Crippen molar-refractivity contribution >= 4 is 15.9 Å². The van der Waals surface area contributed by atoms with Crippen LogP contribution < -0.4 is 5.73 Å². The molecule has 1 fully saturated rings. The van der Waals surface area contributed by atoms with E-state index in [2.05, 4.69) is 0 Å². The van der Waals surface area contributed by atoms with Crippen molar-refractivity contribution in [2.45, 2.75) is 36.6 Å². The Labute approximate surface area is 124 Å². The summed E-state index contributed by atoms with van der Waals surface area (Å²) in [6.07, 6.45) is 4.25. The van der Waals surface area contributed by atoms with Crippen LogP contribution in [0, 0.1) is 0 Å². The summed E-state index contributed by atoms with van der Waals surface area (Å²) < 4.78 is 28.3. The number of nitrogens with two attached hydrogens (primary N) is 1. The van der Waals surface area contributed by atoms with E-state index in [1.54, 1.807) is 7.05 Å². The summed E-state index contributed by atoms with van der Waals surface area (Å²) in [6.45, 7) is 0.529. The fourth-order valence-electron chi connectivity index (χ4n) is 2.80. The third-order valence-corrected chi connectivity index (χ3v) is 5.77. The Morgan fingerprint density at radius 3 is 2.81 bits per heavy atom. The molecule has 1 saturated heterocycles. The first-order valence-electron chi connectivity index (χ1n) is 6.97. The first-order valence-corrected chi connectivity index (χ1v) is 8.41. The van der Waals surface area contributed by atoms with Gasteiger partial charge in [0.25, 0.3) is 5.91 Å². The summed E-state index contributed by atoms with van der Waals surface area (Å²) in [5.74, 6) is -0.655. The van der Waals surface area contributed by atoms with Crippen LogP contribution in [0.15, 0.2) is 17.2 Å². The average Bonchev–Trinajstić information content (AvgIpc) is 3.02. The summed E-state index contributed by atoms with van der Waals surface area (Å²) in [5.41, 5.74) is 5.39. The van der Waals surface area contributed by atoms with Crippen molar-refractivity contribution < 1.29 is 18.3 Å². The molecule has 0 aliphatic carbocycles. The number of rotatable bonds is 6. The standard InChI is InChI=1S/C13H21N3O4S/c1-15-9-11(8-12(15)13(14)18)21(19,20)16-6-2-4-10(16)5-3-7-17/h8-10,17H,2-7H2,1H3,(H2,14,18). The van der Waals surface area contributed by atoms with Crippen molar-refractivity contribution in [3.05, 3.63) is 18.0 Å². The Balaban J connectivity index is 2.28. The average molecular weight is 315 g/mol. The lowest BCUT2D eigenvalue weighted by Crippen LogP contribution is -2.35. The number of aliphatic hydroxyl groups excluding tert-OH is 1. The molecule has 2 rings (SSSR count). The first-order chi connectivity index (χ1) is 9.87. The molecule has 1 aromatic rings. The summed E-state index contributed by atoms with van der Waals surface area (Å²) in [6, 6.07) is 1.23. The molecule has 1 aliphatic rings. The molecule has 0 spiro atoms. The lowest BCUT2D eigenvalue weighted by Gasteiger charge is -2.23. The van der Waals surface area contributed by atoms with E-state index in [1.165, 1.54) is 21.1 Å². The topological polar surface area (TPSA) is 106 Å². The molecule has 1 aromatic heterocycles. The Morgan fingerprint density at radius 1 is 1.52 bits per heavy atom. The molecule has 0 saturated carbocycles. The van der Waals surface area contributed by atoms with Crippen LogP contribution in [0.5, 0.6) is 0 Å². The van der Waals surface area contributed by atoms with Crippen molar-refractivity contribution in [1.82, 2.24) is 8.87 Å². The molecule has 8 heteroatoms. The quantitative estimate of drug-likeness (QED) is 0.773. The number of hydrogen-bond donors (Lipinski definition) is 2. The lowest BCUT2D eigenvalue weighted by atomic mass is 10.1. The summed E-state index contributed by atoms with van der Waals surface area (Å²) in [7, 11) is -2.04. The summed E-state index contributed by atoms with van der Waals surface area (Å²) in [4.78, 5) is 11.3. The Kier molecular flexibility index (Phi) is 4.70. The van der Waals surface area contributed by atoms with E-state index in [9.17, 15) is 13.2 Å². The van der Waals surface area contributed by atoms with E-state index in [0.29, 0.717) is 19.4 Å². The van der Waals surface area contributed by atoms with E-state index >= 15 is 0 Å². The van der Waals surface area contributed by atoms with Crippen LogP contribution >= 0.6 is 0 Å². The maximum atomic E-state index is 12.7. The summed E-state index contributed by atoms with van der Waals surface area (Å²) >= 11 is 0. The highest BCUT2D eigenvalue weighted by Crippen LogP contribution is 2.29. The van der Waals surface area contributed by atoms with Gasteiger partial charge < -0.3 is 15.4 Å². The van der Waals surface area contributed by atoms with Crippen LogP contribution in [0.25, 0.3) is 0 Å². The van der Waals surface area contributed by atoms with Gasteiger partial charge in [0.1, 0.15) is 10.6 Å². The molecule has 0 aromatic carbocycles. The highest BCUT2D eigenvalue weighted by Gasteiger charge is 2.35. The molecule has 118 valence electrons. The fraction of sp³-hybridized carbons (Fsp3) is 0.615. The van der Waals surface area contributed by atoms with Gasteiger partial charge in [-0.05, 0) is 31.7 Å². The van der Waals surface area contributed by atoms with Crippen LogP contribution in [0.2, 0.25) is 0 Å².